The quantitative estimate of drug-likeness (QED) is 0.106. The first kappa shape index (κ1) is 49.8. The van der Waals surface area contributed by atoms with Gasteiger partial charge in [-0.2, -0.15) is 0 Å². The molecule has 8 heteroatoms. The van der Waals surface area contributed by atoms with Gasteiger partial charge in [0, 0.05) is 41.8 Å². The van der Waals surface area contributed by atoms with E-state index >= 15 is 0 Å². The van der Waals surface area contributed by atoms with Gasteiger partial charge in [0.05, 0.1) is 36.4 Å². The van der Waals surface area contributed by atoms with Crippen LogP contribution in [0.3, 0.4) is 0 Å². The summed E-state index contributed by atoms with van der Waals surface area (Å²) in [6.07, 6.45) is 2.91. The molecule has 3 saturated heterocycles. The summed E-state index contributed by atoms with van der Waals surface area (Å²) in [4.78, 5) is 18.2. The van der Waals surface area contributed by atoms with Crippen LogP contribution in [0.25, 0.3) is 0 Å². The van der Waals surface area contributed by atoms with E-state index < -0.39 is 12.2 Å². The standard InChI is InChI=1S/2C23H22ClNO.C17H17NO/c2*24-20-13-7-12-19(16-20)23(26)21-14-15-25(21)22(17-8-3-1-4-9-17)18-10-5-2-6-11-18;19-13-16-11-12-18(16)17(14-7-3-1-4-8-14)15-9-5-2-6-10-15/h2*1-13,16,21-23,26H,14-15H2;1-10,13,16-17H,11-12H2/t21-,23+;21-,23-;/m00./s1. The van der Waals surface area contributed by atoms with E-state index in [9.17, 15) is 15.0 Å². The number of carbonyl (C=O) groups excluding carboxylic acids is 1. The molecule has 0 radical (unpaired) electrons. The Balaban J connectivity index is 0.000000134. The van der Waals surface area contributed by atoms with Crippen LogP contribution in [-0.2, 0) is 4.79 Å². The topological polar surface area (TPSA) is 67.2 Å². The predicted molar refractivity (Wildman–Crippen MR) is 288 cm³/mol. The molecule has 3 heterocycles. The van der Waals surface area contributed by atoms with Crippen molar-refractivity contribution in [3.8, 4) is 0 Å². The normalized spacial score (nSPS) is 18.7. The number of aliphatic hydroxyl groups excluding tert-OH is 2. The van der Waals surface area contributed by atoms with E-state index in [1.165, 1.54) is 33.4 Å². The zero-order valence-corrected chi connectivity index (χ0v) is 41.3. The van der Waals surface area contributed by atoms with Crippen LogP contribution in [0.2, 0.25) is 10.0 Å². The molecule has 71 heavy (non-hydrogen) atoms. The number of aldehydes is 1. The minimum absolute atomic E-state index is 0.0606. The van der Waals surface area contributed by atoms with Crippen LogP contribution < -0.4 is 0 Å². The number of halogens is 2. The third-order valence-electron chi connectivity index (χ3n) is 14.3. The lowest BCUT2D eigenvalue weighted by atomic mass is 9.86. The lowest BCUT2D eigenvalue weighted by Gasteiger charge is -2.48. The predicted octanol–water partition coefficient (Wildman–Crippen LogP) is 13.5. The second-order valence-electron chi connectivity index (χ2n) is 18.6. The number of hydrogen-bond donors (Lipinski definition) is 2. The van der Waals surface area contributed by atoms with Crippen molar-refractivity contribution in [1.29, 1.82) is 0 Å². The van der Waals surface area contributed by atoms with Crippen LogP contribution in [0.5, 0.6) is 0 Å². The van der Waals surface area contributed by atoms with Gasteiger partial charge in [-0.15, -0.1) is 0 Å². The van der Waals surface area contributed by atoms with Gasteiger partial charge in [-0.25, -0.2) is 0 Å². The van der Waals surface area contributed by atoms with Crippen molar-refractivity contribution in [1.82, 2.24) is 14.7 Å². The molecule has 3 aliphatic heterocycles. The van der Waals surface area contributed by atoms with E-state index in [0.29, 0.717) is 10.0 Å². The molecule has 0 amide bonds. The van der Waals surface area contributed by atoms with Gasteiger partial charge in [-0.05, 0) is 88.0 Å². The largest absolute Gasteiger partial charge is 0.387 e. The molecular formula is C63H61Cl2N3O3. The fraction of sp³-hybridized carbons (Fsp3) is 0.222. The van der Waals surface area contributed by atoms with Crippen molar-refractivity contribution in [2.45, 2.75) is 67.7 Å². The fourth-order valence-corrected chi connectivity index (χ4v) is 10.8. The lowest BCUT2D eigenvalue weighted by Crippen LogP contribution is -2.52. The number of likely N-dealkylation sites (tertiary alicyclic amines) is 3. The van der Waals surface area contributed by atoms with E-state index in [1.807, 2.05) is 84.9 Å². The highest BCUT2D eigenvalue weighted by molar-refractivity contribution is 6.30. The Morgan fingerprint density at radius 1 is 0.366 bits per heavy atom. The SMILES string of the molecule is O=CC1CCN1C(c1ccccc1)c1ccccc1.O[C@@H](c1cccc(Cl)c1)[C@@H]1CCN1C(c1ccccc1)c1ccccc1.O[C@H](c1cccc(Cl)c1)[C@@H]1CCN1C(c1ccccc1)c1ccccc1. The summed E-state index contributed by atoms with van der Waals surface area (Å²) in [5.41, 5.74) is 9.27. The molecule has 2 N–H and O–H groups in total. The van der Waals surface area contributed by atoms with Gasteiger partial charge >= 0.3 is 0 Å². The van der Waals surface area contributed by atoms with Gasteiger partial charge in [-0.1, -0.05) is 229 Å². The Labute approximate surface area is 429 Å². The summed E-state index contributed by atoms with van der Waals surface area (Å²) in [7, 11) is 0. The molecule has 1 unspecified atom stereocenters. The number of hydrogen-bond acceptors (Lipinski definition) is 6. The minimum atomic E-state index is -0.544. The van der Waals surface area contributed by atoms with Crippen LogP contribution >= 0.6 is 23.2 Å². The molecule has 3 fully saturated rings. The number of rotatable bonds is 14. The number of carbonyl (C=O) groups is 1. The summed E-state index contributed by atoms with van der Waals surface area (Å²) in [6.45, 7) is 2.92. The van der Waals surface area contributed by atoms with E-state index in [2.05, 4.69) is 160 Å². The number of nitrogens with zero attached hydrogens (tertiary/aromatic N) is 3. The van der Waals surface area contributed by atoms with Crippen LogP contribution in [0.4, 0.5) is 0 Å². The Morgan fingerprint density at radius 3 is 0.859 bits per heavy atom. The Morgan fingerprint density at radius 2 is 0.634 bits per heavy atom. The average molecular weight is 979 g/mol. The molecule has 0 bridgehead atoms. The van der Waals surface area contributed by atoms with Crippen molar-refractivity contribution < 1.29 is 15.0 Å². The zero-order chi connectivity index (χ0) is 48.9. The fourth-order valence-electron chi connectivity index (χ4n) is 10.4. The van der Waals surface area contributed by atoms with E-state index in [4.69, 9.17) is 23.2 Å². The summed E-state index contributed by atoms with van der Waals surface area (Å²) in [5, 5.41) is 23.3. The molecule has 6 nitrogen and oxygen atoms in total. The molecule has 0 spiro atoms. The molecule has 8 aromatic rings. The molecule has 0 saturated carbocycles. The lowest BCUT2D eigenvalue weighted by molar-refractivity contribution is -0.117. The van der Waals surface area contributed by atoms with Crippen molar-refractivity contribution in [2.24, 2.45) is 0 Å². The maximum Gasteiger partial charge on any atom is 0.137 e. The third-order valence-corrected chi connectivity index (χ3v) is 14.8. The first-order valence-electron chi connectivity index (χ1n) is 24.8. The minimum Gasteiger partial charge on any atom is -0.387 e. The van der Waals surface area contributed by atoms with Gasteiger partial charge < -0.3 is 15.0 Å². The maximum atomic E-state index is 11.1. The van der Waals surface area contributed by atoms with E-state index in [-0.39, 0.29) is 36.3 Å². The van der Waals surface area contributed by atoms with Crippen LogP contribution in [-0.4, -0.2) is 69.0 Å². The van der Waals surface area contributed by atoms with Gasteiger partial charge in [0.2, 0.25) is 0 Å². The van der Waals surface area contributed by atoms with Crippen molar-refractivity contribution in [3.05, 3.63) is 285 Å². The summed E-state index contributed by atoms with van der Waals surface area (Å²) >= 11 is 12.2. The van der Waals surface area contributed by atoms with Gasteiger partial charge in [-0.3, -0.25) is 14.7 Å². The van der Waals surface area contributed by atoms with Gasteiger partial charge in [0.15, 0.2) is 0 Å². The molecule has 0 aliphatic carbocycles. The smallest absolute Gasteiger partial charge is 0.137 e. The maximum absolute atomic E-state index is 11.1. The highest BCUT2D eigenvalue weighted by atomic mass is 35.5. The summed E-state index contributed by atoms with van der Waals surface area (Å²) < 4.78 is 0. The van der Waals surface area contributed by atoms with Gasteiger partial charge in [0.1, 0.15) is 6.29 Å². The average Bonchev–Trinajstić information content (AvgIpc) is 3.39. The Kier molecular flexibility index (Phi) is 17.0. The third kappa shape index (κ3) is 12.0. The van der Waals surface area contributed by atoms with Crippen molar-refractivity contribution in [2.75, 3.05) is 19.6 Å². The second-order valence-corrected chi connectivity index (χ2v) is 19.5. The van der Waals surface area contributed by atoms with Crippen LogP contribution in [0, 0.1) is 0 Å². The van der Waals surface area contributed by atoms with Crippen LogP contribution in [0.15, 0.2) is 231 Å². The number of benzene rings is 8. The highest BCUT2D eigenvalue weighted by Gasteiger charge is 2.41. The first-order chi connectivity index (χ1) is 34.9. The van der Waals surface area contributed by atoms with E-state index in [0.717, 1.165) is 56.3 Å². The van der Waals surface area contributed by atoms with Crippen molar-refractivity contribution in [3.63, 3.8) is 0 Å². The Hall–Kier alpha value is -6.19. The zero-order valence-electron chi connectivity index (χ0n) is 39.8. The molecule has 0 aromatic heterocycles. The second kappa shape index (κ2) is 24.3. The molecule has 360 valence electrons. The molecular weight excluding hydrogens is 918 g/mol. The highest BCUT2D eigenvalue weighted by Crippen LogP contribution is 2.42. The summed E-state index contributed by atoms with van der Waals surface area (Å²) in [5.74, 6) is 0. The van der Waals surface area contributed by atoms with E-state index in [1.54, 1.807) is 0 Å². The molecule has 8 aromatic carbocycles. The molecule has 5 atom stereocenters. The number of aliphatic hydroxyl groups is 2. The first-order valence-corrected chi connectivity index (χ1v) is 25.5. The van der Waals surface area contributed by atoms with Crippen LogP contribution in [0.1, 0.15) is 94.1 Å². The Bertz CT molecular complexity index is 2600. The summed E-state index contributed by atoms with van der Waals surface area (Å²) in [6, 6.07) is 78.7. The monoisotopic (exact) mass is 977 g/mol. The van der Waals surface area contributed by atoms with Crippen molar-refractivity contribution >= 4 is 29.5 Å². The molecule has 3 aliphatic rings. The molecule has 11 rings (SSSR count). The van der Waals surface area contributed by atoms with Gasteiger partial charge in [0.25, 0.3) is 0 Å².